The van der Waals surface area contributed by atoms with Crippen LogP contribution in [0, 0.1) is 6.92 Å². The van der Waals surface area contributed by atoms with Crippen LogP contribution in [-0.2, 0) is 11.3 Å². The number of piperidine rings is 1. The third-order valence-corrected chi connectivity index (χ3v) is 4.46. The van der Waals surface area contributed by atoms with Crippen molar-refractivity contribution in [3.63, 3.8) is 0 Å². The van der Waals surface area contributed by atoms with E-state index < -0.39 is 0 Å². The lowest BCUT2D eigenvalue weighted by Crippen LogP contribution is -2.47. The number of aromatic nitrogens is 4. The highest BCUT2D eigenvalue weighted by atomic mass is 16.3. The molecule has 0 saturated carbocycles. The predicted octanol–water partition coefficient (Wildman–Crippen LogP) is 1.23. The van der Waals surface area contributed by atoms with Gasteiger partial charge >= 0.3 is 0 Å². The average Bonchev–Trinajstić information content (AvgIpc) is 3.16. The van der Waals surface area contributed by atoms with Crippen molar-refractivity contribution in [3.05, 3.63) is 18.4 Å². The van der Waals surface area contributed by atoms with E-state index in [9.17, 15) is 4.79 Å². The third kappa shape index (κ3) is 3.81. The van der Waals surface area contributed by atoms with Crippen molar-refractivity contribution in [2.45, 2.75) is 52.2 Å². The van der Waals surface area contributed by atoms with E-state index in [-0.39, 0.29) is 18.5 Å². The van der Waals surface area contributed by atoms with Crippen molar-refractivity contribution < 1.29 is 9.21 Å². The largest absolute Gasteiger partial charge is 0.448 e. The average molecular weight is 332 g/mol. The maximum atomic E-state index is 12.2. The van der Waals surface area contributed by atoms with Gasteiger partial charge in [0.05, 0.1) is 6.20 Å². The van der Waals surface area contributed by atoms with E-state index in [4.69, 9.17) is 4.42 Å². The molecule has 0 atom stereocenters. The second kappa shape index (κ2) is 7.12. The first-order valence-corrected chi connectivity index (χ1v) is 8.37. The van der Waals surface area contributed by atoms with E-state index >= 15 is 0 Å². The van der Waals surface area contributed by atoms with Gasteiger partial charge in [-0.3, -0.25) is 4.79 Å². The van der Waals surface area contributed by atoms with Crippen molar-refractivity contribution in [1.82, 2.24) is 30.2 Å². The summed E-state index contributed by atoms with van der Waals surface area (Å²) in [5.74, 6) is 0.648. The fourth-order valence-corrected chi connectivity index (χ4v) is 3.02. The second-order valence-corrected chi connectivity index (χ2v) is 6.53. The molecule has 3 rings (SSSR count). The number of aryl methyl sites for hydroxylation is 1. The predicted molar refractivity (Wildman–Crippen MR) is 88.1 cm³/mol. The number of hydrogen-bond donors (Lipinski definition) is 1. The Kier molecular flexibility index (Phi) is 4.94. The minimum absolute atomic E-state index is 0.0358. The van der Waals surface area contributed by atoms with E-state index in [0.29, 0.717) is 23.2 Å². The highest BCUT2D eigenvalue weighted by Gasteiger charge is 2.22. The highest BCUT2D eigenvalue weighted by molar-refractivity contribution is 5.76. The summed E-state index contributed by atoms with van der Waals surface area (Å²) in [6, 6.07) is 0.809. The van der Waals surface area contributed by atoms with E-state index in [0.717, 1.165) is 25.9 Å². The van der Waals surface area contributed by atoms with Crippen LogP contribution in [0.3, 0.4) is 0 Å². The fourth-order valence-electron chi connectivity index (χ4n) is 3.02. The normalized spacial score (nSPS) is 16.7. The van der Waals surface area contributed by atoms with Gasteiger partial charge in [-0.25, -0.2) is 9.67 Å². The lowest BCUT2D eigenvalue weighted by molar-refractivity contribution is -0.122. The van der Waals surface area contributed by atoms with Gasteiger partial charge in [0.15, 0.2) is 6.39 Å². The Morgan fingerprint density at radius 3 is 2.79 bits per heavy atom. The molecular formula is C16H24N6O2. The number of amides is 1. The number of nitrogens with zero attached hydrogens (tertiary/aromatic N) is 5. The smallest absolute Gasteiger partial charge is 0.242 e. The van der Waals surface area contributed by atoms with E-state index in [2.05, 4.69) is 39.4 Å². The molecule has 0 spiro atoms. The lowest BCUT2D eigenvalue weighted by Gasteiger charge is -2.34. The van der Waals surface area contributed by atoms with Gasteiger partial charge in [-0.1, -0.05) is 5.21 Å². The molecule has 24 heavy (non-hydrogen) atoms. The molecule has 0 aromatic carbocycles. The highest BCUT2D eigenvalue weighted by Crippen LogP contribution is 2.18. The maximum Gasteiger partial charge on any atom is 0.242 e. The minimum atomic E-state index is -0.0358. The number of carbonyl (C=O) groups is 1. The molecule has 0 unspecified atom stereocenters. The topological polar surface area (TPSA) is 89.1 Å². The van der Waals surface area contributed by atoms with Gasteiger partial charge in [0.25, 0.3) is 0 Å². The molecule has 8 nitrogen and oxygen atoms in total. The Morgan fingerprint density at radius 1 is 1.42 bits per heavy atom. The first-order valence-electron chi connectivity index (χ1n) is 8.37. The van der Waals surface area contributed by atoms with Crippen molar-refractivity contribution >= 4 is 5.91 Å². The van der Waals surface area contributed by atoms with Crippen molar-refractivity contribution in [2.75, 3.05) is 13.1 Å². The molecule has 1 amide bonds. The Balaban J connectivity index is 1.51. The zero-order valence-corrected chi connectivity index (χ0v) is 14.4. The Morgan fingerprint density at radius 2 is 2.17 bits per heavy atom. The van der Waals surface area contributed by atoms with Crippen molar-refractivity contribution in [3.8, 4) is 11.4 Å². The van der Waals surface area contributed by atoms with Crippen molar-refractivity contribution in [1.29, 1.82) is 0 Å². The molecule has 1 fully saturated rings. The Hall–Kier alpha value is -2.22. The number of likely N-dealkylation sites (tertiary alicyclic amines) is 1. The molecule has 0 aliphatic carbocycles. The monoisotopic (exact) mass is 332 g/mol. The summed E-state index contributed by atoms with van der Waals surface area (Å²) < 4.78 is 6.69. The SMILES string of the molecule is Cc1ocnc1-c1cn(CC(=O)NC2CCN(C(C)C)CC2)nn1. The molecule has 1 N–H and O–H groups in total. The number of oxazole rings is 1. The van der Waals surface area contributed by atoms with E-state index in [1.165, 1.54) is 11.1 Å². The standard InChI is InChI=1S/C16H24N6O2/c1-11(2)21-6-4-13(5-7-21)18-15(23)9-22-8-14(19-20-22)16-12(3)24-10-17-16/h8,10-11,13H,4-7,9H2,1-3H3,(H,18,23). The summed E-state index contributed by atoms with van der Waals surface area (Å²) in [5, 5.41) is 11.1. The van der Waals surface area contributed by atoms with E-state index in [1.807, 2.05) is 6.92 Å². The summed E-state index contributed by atoms with van der Waals surface area (Å²) in [5.41, 5.74) is 1.27. The van der Waals surface area contributed by atoms with Crippen LogP contribution in [0.25, 0.3) is 11.4 Å². The minimum Gasteiger partial charge on any atom is -0.448 e. The van der Waals surface area contributed by atoms with Gasteiger partial charge in [-0.15, -0.1) is 5.10 Å². The fraction of sp³-hybridized carbons (Fsp3) is 0.625. The van der Waals surface area contributed by atoms with Crippen LogP contribution in [0.4, 0.5) is 0 Å². The Labute approximate surface area is 141 Å². The summed E-state index contributed by atoms with van der Waals surface area (Å²) >= 11 is 0. The molecule has 1 aliphatic rings. The maximum absolute atomic E-state index is 12.2. The number of carbonyl (C=O) groups excluding carboxylic acids is 1. The van der Waals surface area contributed by atoms with Gasteiger partial charge in [0.2, 0.25) is 5.91 Å². The third-order valence-electron chi connectivity index (χ3n) is 4.46. The van der Waals surface area contributed by atoms with Crippen LogP contribution in [0.1, 0.15) is 32.4 Å². The van der Waals surface area contributed by atoms with Crippen LogP contribution in [-0.4, -0.2) is 56.0 Å². The summed E-state index contributed by atoms with van der Waals surface area (Å²) in [7, 11) is 0. The lowest BCUT2D eigenvalue weighted by atomic mass is 10.0. The molecule has 3 heterocycles. The molecule has 2 aromatic heterocycles. The number of rotatable bonds is 5. The first kappa shape index (κ1) is 16.6. The molecule has 8 heteroatoms. The molecule has 0 bridgehead atoms. The number of nitrogens with one attached hydrogen (secondary N) is 1. The van der Waals surface area contributed by atoms with E-state index in [1.54, 1.807) is 6.20 Å². The molecule has 0 radical (unpaired) electrons. The van der Waals surface area contributed by atoms with Gasteiger partial charge < -0.3 is 14.6 Å². The molecular weight excluding hydrogens is 308 g/mol. The first-order chi connectivity index (χ1) is 11.5. The van der Waals surface area contributed by atoms with Gasteiger partial charge in [-0.05, 0) is 33.6 Å². The van der Waals surface area contributed by atoms with Gasteiger partial charge in [0, 0.05) is 25.2 Å². The summed E-state index contributed by atoms with van der Waals surface area (Å²) in [4.78, 5) is 18.8. The zero-order valence-electron chi connectivity index (χ0n) is 14.4. The second-order valence-electron chi connectivity index (χ2n) is 6.53. The summed E-state index contributed by atoms with van der Waals surface area (Å²) in [6.07, 6.45) is 5.07. The van der Waals surface area contributed by atoms with Crippen LogP contribution >= 0.6 is 0 Å². The van der Waals surface area contributed by atoms with Gasteiger partial charge in [-0.2, -0.15) is 0 Å². The van der Waals surface area contributed by atoms with Crippen LogP contribution in [0.2, 0.25) is 0 Å². The van der Waals surface area contributed by atoms with Gasteiger partial charge in [0.1, 0.15) is 23.7 Å². The van der Waals surface area contributed by atoms with Crippen LogP contribution in [0.15, 0.2) is 17.0 Å². The number of hydrogen-bond acceptors (Lipinski definition) is 6. The van der Waals surface area contributed by atoms with Crippen LogP contribution < -0.4 is 5.32 Å². The molecule has 1 aliphatic heterocycles. The van der Waals surface area contributed by atoms with Crippen LogP contribution in [0.5, 0.6) is 0 Å². The molecule has 1 saturated heterocycles. The summed E-state index contributed by atoms with van der Waals surface area (Å²) in [6.45, 7) is 8.45. The quantitative estimate of drug-likeness (QED) is 0.886. The Bertz CT molecular complexity index is 684. The molecule has 130 valence electrons. The zero-order chi connectivity index (χ0) is 17.1. The molecule has 2 aromatic rings. The van der Waals surface area contributed by atoms with Crippen molar-refractivity contribution in [2.24, 2.45) is 0 Å².